The summed E-state index contributed by atoms with van der Waals surface area (Å²) in [7, 11) is 2.97. The third-order valence-corrected chi connectivity index (χ3v) is 10.5. The van der Waals surface area contributed by atoms with Crippen molar-refractivity contribution in [2.75, 3.05) is 27.2 Å². The normalized spacial score (nSPS) is 25.1. The molecule has 0 radical (unpaired) electrons. The van der Waals surface area contributed by atoms with Crippen LogP contribution in [0, 0.1) is 12.8 Å². The highest BCUT2D eigenvalue weighted by atomic mass is 32.1. The van der Waals surface area contributed by atoms with Crippen molar-refractivity contribution in [1.82, 2.24) is 35.1 Å². The molecule has 5 heterocycles. The molecule has 17 heteroatoms. The number of methoxy groups -OCH3 is 1. The van der Waals surface area contributed by atoms with E-state index < -0.39 is 41.4 Å². The Bertz CT molecular complexity index is 1730. The standard InChI is InChI=1S/C31H34F3N7O5S2/c1-17-15-47-26(35-17)20-13-23(38-24(36-20)27-37-22(16-48-27)31(32,33)34)46-19-9-11-41-21(12-19)25(42)39-30(28(43)45-3)14-18(30)8-6-4-5-7-10-40(2)29(41)44/h6,8,13,15-16,18-19,21H,4-5,7,9-12,14H2,1-3H3,(H,39,42)/t18-,19+,21+,30-/m1/s1. The fraction of sp³-hybridized carbons (Fsp3) is 0.516. The summed E-state index contributed by atoms with van der Waals surface area (Å²) in [5.41, 5.74) is -1.18. The Morgan fingerprint density at radius 1 is 1.08 bits per heavy atom. The third-order valence-electron chi connectivity index (χ3n) is 8.64. The summed E-state index contributed by atoms with van der Waals surface area (Å²) in [6, 6.07) is 0.256. The summed E-state index contributed by atoms with van der Waals surface area (Å²) in [5, 5.41) is 6.10. The first-order chi connectivity index (χ1) is 22.9. The highest BCUT2D eigenvalue weighted by molar-refractivity contribution is 7.13. The molecule has 0 aromatic carbocycles. The second-order valence-electron chi connectivity index (χ2n) is 12.1. The molecule has 3 amide bonds. The van der Waals surface area contributed by atoms with E-state index in [1.54, 1.807) is 18.0 Å². The van der Waals surface area contributed by atoms with E-state index >= 15 is 0 Å². The second-order valence-corrected chi connectivity index (χ2v) is 13.8. The number of esters is 1. The van der Waals surface area contributed by atoms with Crippen molar-refractivity contribution in [2.45, 2.75) is 69.3 Å². The number of nitrogens with zero attached hydrogens (tertiary/aromatic N) is 6. The molecule has 0 unspecified atom stereocenters. The summed E-state index contributed by atoms with van der Waals surface area (Å²) in [5.74, 6) is -1.28. The number of urea groups is 1. The van der Waals surface area contributed by atoms with Gasteiger partial charge in [0.25, 0.3) is 0 Å². The van der Waals surface area contributed by atoms with Gasteiger partial charge in [0, 0.05) is 61.4 Å². The number of amides is 3. The summed E-state index contributed by atoms with van der Waals surface area (Å²) in [4.78, 5) is 60.6. The Morgan fingerprint density at radius 3 is 2.58 bits per heavy atom. The smallest absolute Gasteiger partial charge is 0.434 e. The van der Waals surface area contributed by atoms with Crippen LogP contribution in [0.3, 0.4) is 0 Å². The first-order valence-corrected chi connectivity index (χ1v) is 17.2. The molecule has 256 valence electrons. The van der Waals surface area contributed by atoms with Gasteiger partial charge in [0.2, 0.25) is 11.8 Å². The van der Waals surface area contributed by atoms with Crippen LogP contribution in [0.2, 0.25) is 0 Å². The maximum atomic E-state index is 14.0. The number of thiazole rings is 2. The highest BCUT2D eigenvalue weighted by Gasteiger charge is 2.62. The summed E-state index contributed by atoms with van der Waals surface area (Å²) >= 11 is 2.07. The Hall–Kier alpha value is -4.12. The minimum Gasteiger partial charge on any atom is -0.474 e. The molecule has 1 saturated carbocycles. The van der Waals surface area contributed by atoms with E-state index in [0.29, 0.717) is 30.1 Å². The van der Waals surface area contributed by atoms with Crippen molar-refractivity contribution >= 4 is 40.6 Å². The summed E-state index contributed by atoms with van der Waals surface area (Å²) in [6.07, 6.45) is 1.92. The van der Waals surface area contributed by atoms with Gasteiger partial charge in [-0.2, -0.15) is 18.2 Å². The van der Waals surface area contributed by atoms with E-state index in [2.05, 4.69) is 25.3 Å². The fourth-order valence-corrected chi connectivity index (χ4v) is 7.49. The van der Waals surface area contributed by atoms with Crippen LogP contribution in [0.1, 0.15) is 49.9 Å². The van der Waals surface area contributed by atoms with Gasteiger partial charge in [-0.3, -0.25) is 4.79 Å². The monoisotopic (exact) mass is 705 g/mol. The Morgan fingerprint density at radius 2 is 1.88 bits per heavy atom. The van der Waals surface area contributed by atoms with Crippen molar-refractivity contribution in [3.05, 3.63) is 40.4 Å². The second kappa shape index (κ2) is 13.4. The number of ether oxygens (including phenoxy) is 2. The van der Waals surface area contributed by atoms with Crippen LogP contribution in [0.4, 0.5) is 18.0 Å². The molecule has 3 aliphatic rings. The van der Waals surface area contributed by atoms with Crippen LogP contribution >= 0.6 is 22.7 Å². The van der Waals surface area contributed by atoms with Gasteiger partial charge in [0.05, 0.1) is 7.11 Å². The highest BCUT2D eigenvalue weighted by Crippen LogP contribution is 2.46. The van der Waals surface area contributed by atoms with E-state index in [1.807, 2.05) is 24.5 Å². The van der Waals surface area contributed by atoms with Gasteiger partial charge in [-0.25, -0.2) is 24.5 Å². The lowest BCUT2D eigenvalue weighted by atomic mass is 9.98. The minimum atomic E-state index is -4.63. The largest absolute Gasteiger partial charge is 0.474 e. The van der Waals surface area contributed by atoms with Crippen LogP contribution in [-0.4, -0.2) is 92.6 Å². The fourth-order valence-electron chi connectivity index (χ4n) is 5.98. The molecule has 12 nitrogen and oxygen atoms in total. The molecular weight excluding hydrogens is 672 g/mol. The summed E-state index contributed by atoms with van der Waals surface area (Å²) in [6.45, 7) is 2.50. The number of aryl methyl sites for hydroxylation is 1. The molecule has 3 aromatic heterocycles. The van der Waals surface area contributed by atoms with Crippen molar-refractivity contribution < 1.29 is 37.0 Å². The average Bonchev–Trinajstić information content (AvgIpc) is 3.36. The van der Waals surface area contributed by atoms with Crippen molar-refractivity contribution in [1.29, 1.82) is 0 Å². The molecule has 0 spiro atoms. The van der Waals surface area contributed by atoms with Gasteiger partial charge < -0.3 is 24.6 Å². The lowest BCUT2D eigenvalue weighted by molar-refractivity contribution is -0.147. The molecule has 1 N–H and O–H groups in total. The number of halogens is 3. The number of alkyl halides is 3. The molecule has 6 rings (SSSR count). The van der Waals surface area contributed by atoms with Crippen LogP contribution in [0.15, 0.2) is 29.0 Å². The molecule has 2 aliphatic heterocycles. The lowest BCUT2D eigenvalue weighted by Gasteiger charge is -2.40. The number of nitrogens with one attached hydrogen (secondary N) is 1. The Kier molecular flexibility index (Phi) is 9.44. The van der Waals surface area contributed by atoms with Crippen molar-refractivity contribution in [2.24, 2.45) is 5.92 Å². The van der Waals surface area contributed by atoms with Gasteiger partial charge in [-0.1, -0.05) is 12.2 Å². The zero-order valence-corrected chi connectivity index (χ0v) is 28.1. The number of rotatable bonds is 5. The van der Waals surface area contributed by atoms with Gasteiger partial charge in [0.1, 0.15) is 28.4 Å². The summed E-state index contributed by atoms with van der Waals surface area (Å²) < 4.78 is 51.4. The van der Waals surface area contributed by atoms with Crippen molar-refractivity contribution in [3.8, 4) is 27.4 Å². The topological polar surface area (TPSA) is 140 Å². The molecular formula is C31H34F3N7O5S2. The van der Waals surface area contributed by atoms with Crippen LogP contribution in [0.5, 0.6) is 5.88 Å². The number of piperidine rings is 1. The van der Waals surface area contributed by atoms with E-state index in [4.69, 9.17) is 9.47 Å². The van der Waals surface area contributed by atoms with Gasteiger partial charge in [0.15, 0.2) is 16.5 Å². The predicted molar refractivity (Wildman–Crippen MR) is 170 cm³/mol. The van der Waals surface area contributed by atoms with Gasteiger partial charge in [-0.15, -0.1) is 22.7 Å². The van der Waals surface area contributed by atoms with Crippen LogP contribution in [0.25, 0.3) is 21.5 Å². The van der Waals surface area contributed by atoms with E-state index in [0.717, 1.165) is 41.7 Å². The number of carbonyl (C=O) groups excluding carboxylic acids is 3. The van der Waals surface area contributed by atoms with E-state index in [9.17, 15) is 27.6 Å². The SMILES string of the molecule is COC(=O)[C@@]12C[C@H]1C=CCCCCN(C)C(=O)N1CC[C@H](Oc3cc(-c4nc(C)cs4)nc(-c4nc(C(F)(F)F)cs4)n3)C[C@H]1C(=O)N2. The first kappa shape index (κ1) is 33.8. The molecule has 0 bridgehead atoms. The van der Waals surface area contributed by atoms with Crippen LogP contribution < -0.4 is 10.1 Å². The maximum absolute atomic E-state index is 14.0. The molecule has 4 atom stereocenters. The number of allylic oxidation sites excluding steroid dienone is 1. The Labute approximate surface area is 282 Å². The predicted octanol–water partition coefficient (Wildman–Crippen LogP) is 5.10. The average molecular weight is 706 g/mol. The number of hydrogen-bond acceptors (Lipinski definition) is 11. The van der Waals surface area contributed by atoms with Crippen LogP contribution in [-0.2, 0) is 20.5 Å². The Balaban J connectivity index is 1.30. The number of aromatic nitrogens is 4. The van der Waals surface area contributed by atoms with Gasteiger partial charge in [-0.05, 0) is 32.6 Å². The molecule has 1 aliphatic carbocycles. The van der Waals surface area contributed by atoms with Crippen molar-refractivity contribution in [3.63, 3.8) is 0 Å². The number of fused-ring (bicyclic) bond motifs is 2. The van der Waals surface area contributed by atoms with Gasteiger partial charge >= 0.3 is 18.2 Å². The molecule has 2 fully saturated rings. The van der Waals surface area contributed by atoms with E-state index in [-0.39, 0.29) is 41.6 Å². The molecule has 1 saturated heterocycles. The number of carbonyl (C=O) groups is 3. The third kappa shape index (κ3) is 7.02. The minimum absolute atomic E-state index is 0.0442. The van der Waals surface area contributed by atoms with E-state index in [1.165, 1.54) is 23.3 Å². The first-order valence-electron chi connectivity index (χ1n) is 15.5. The zero-order chi connectivity index (χ0) is 34.2. The maximum Gasteiger partial charge on any atom is 0.434 e. The molecule has 48 heavy (non-hydrogen) atoms. The quantitative estimate of drug-likeness (QED) is 0.284. The zero-order valence-electron chi connectivity index (χ0n) is 26.5. The molecule has 3 aromatic rings. The lowest BCUT2D eigenvalue weighted by Crippen LogP contribution is -2.60. The number of hydrogen-bond donors (Lipinski definition) is 1.